The minimum atomic E-state index is -0.286. The van der Waals surface area contributed by atoms with Crippen molar-refractivity contribution in [1.29, 1.82) is 5.26 Å². The van der Waals surface area contributed by atoms with Crippen LogP contribution in [-0.4, -0.2) is 69.3 Å². The van der Waals surface area contributed by atoms with Gasteiger partial charge in [-0.1, -0.05) is 35.7 Å². The number of amides is 1. The standard InChI is InChI=1S/C24H26Cl2N8O/c1-15(17-6-5-16(25)12-18(17)26)34-23-22(20(13-27)31-34)29-14-21(30-23)32-8-10-33(11-9-32)24(35)19-4-2-3-7-28-19/h5-6,12,14-15,19,28H,2-4,7-11H2,1H3. The predicted octanol–water partition coefficient (Wildman–Crippen LogP) is 3.40. The molecule has 0 radical (unpaired) electrons. The van der Waals surface area contributed by atoms with Gasteiger partial charge < -0.3 is 15.1 Å². The van der Waals surface area contributed by atoms with Gasteiger partial charge in [-0.25, -0.2) is 14.6 Å². The van der Waals surface area contributed by atoms with Gasteiger partial charge in [0.05, 0.1) is 18.3 Å². The van der Waals surface area contributed by atoms with Gasteiger partial charge in [0.1, 0.15) is 17.4 Å². The van der Waals surface area contributed by atoms with E-state index in [-0.39, 0.29) is 23.7 Å². The fourth-order valence-corrected chi connectivity index (χ4v) is 5.37. The molecule has 4 heterocycles. The van der Waals surface area contributed by atoms with Gasteiger partial charge in [0.25, 0.3) is 0 Å². The Morgan fingerprint density at radius 3 is 2.71 bits per heavy atom. The van der Waals surface area contributed by atoms with Gasteiger partial charge in [0.2, 0.25) is 5.91 Å². The summed E-state index contributed by atoms with van der Waals surface area (Å²) < 4.78 is 1.69. The third kappa shape index (κ3) is 4.66. The second kappa shape index (κ2) is 9.97. The number of piperidine rings is 1. The van der Waals surface area contributed by atoms with Gasteiger partial charge in [0.15, 0.2) is 11.3 Å². The molecule has 11 heteroatoms. The van der Waals surface area contributed by atoms with Crippen LogP contribution in [0.4, 0.5) is 5.82 Å². The Bertz CT molecular complexity index is 1290. The van der Waals surface area contributed by atoms with E-state index in [4.69, 9.17) is 28.2 Å². The van der Waals surface area contributed by atoms with Crippen molar-refractivity contribution < 1.29 is 4.79 Å². The number of nitrogens with one attached hydrogen (secondary N) is 1. The number of halogens is 2. The highest BCUT2D eigenvalue weighted by Gasteiger charge is 2.29. The average Bonchev–Trinajstić information content (AvgIpc) is 3.26. The predicted molar refractivity (Wildman–Crippen MR) is 135 cm³/mol. The number of nitrogens with zero attached hydrogens (tertiary/aromatic N) is 7. The van der Waals surface area contributed by atoms with Crippen molar-refractivity contribution in [3.05, 3.63) is 45.7 Å². The van der Waals surface area contributed by atoms with E-state index in [2.05, 4.69) is 26.4 Å². The Balaban J connectivity index is 1.38. The van der Waals surface area contributed by atoms with E-state index in [9.17, 15) is 10.1 Å². The molecule has 2 fully saturated rings. The van der Waals surface area contributed by atoms with Crippen LogP contribution in [-0.2, 0) is 4.79 Å². The lowest BCUT2D eigenvalue weighted by atomic mass is 10.0. The molecule has 1 N–H and O–H groups in total. The number of aromatic nitrogens is 4. The Hall–Kier alpha value is -2.93. The van der Waals surface area contributed by atoms with Crippen LogP contribution in [0.2, 0.25) is 10.0 Å². The van der Waals surface area contributed by atoms with E-state index in [1.165, 1.54) is 0 Å². The van der Waals surface area contributed by atoms with Gasteiger partial charge >= 0.3 is 0 Å². The smallest absolute Gasteiger partial charge is 0.239 e. The third-order valence-corrected chi connectivity index (χ3v) is 7.36. The van der Waals surface area contributed by atoms with Crippen LogP contribution in [0.15, 0.2) is 24.4 Å². The number of anilines is 1. The van der Waals surface area contributed by atoms with E-state index in [0.29, 0.717) is 53.2 Å². The summed E-state index contributed by atoms with van der Waals surface area (Å²) in [7, 11) is 0. The first-order chi connectivity index (χ1) is 17.0. The number of hydrogen-bond donors (Lipinski definition) is 1. The molecule has 5 rings (SSSR count). The van der Waals surface area contributed by atoms with Crippen molar-refractivity contribution in [1.82, 2.24) is 30.0 Å². The van der Waals surface area contributed by atoms with Crippen LogP contribution >= 0.6 is 23.2 Å². The zero-order chi connectivity index (χ0) is 24.5. The van der Waals surface area contributed by atoms with Crippen molar-refractivity contribution in [3.8, 4) is 6.07 Å². The second-order valence-corrected chi connectivity index (χ2v) is 9.81. The maximum atomic E-state index is 12.9. The van der Waals surface area contributed by atoms with Crippen molar-refractivity contribution in [2.45, 2.75) is 38.3 Å². The molecule has 1 aromatic carbocycles. The number of carbonyl (C=O) groups excluding carboxylic acids is 1. The van der Waals surface area contributed by atoms with E-state index < -0.39 is 0 Å². The summed E-state index contributed by atoms with van der Waals surface area (Å²) in [6, 6.07) is 7.08. The molecule has 2 atom stereocenters. The normalized spacial score (nSPS) is 19.5. The van der Waals surface area contributed by atoms with E-state index in [1.54, 1.807) is 23.0 Å². The van der Waals surface area contributed by atoms with Gasteiger partial charge in [-0.3, -0.25) is 4.79 Å². The third-order valence-electron chi connectivity index (χ3n) is 6.80. The molecule has 2 aliphatic rings. The Labute approximate surface area is 213 Å². The summed E-state index contributed by atoms with van der Waals surface area (Å²) in [6.07, 6.45) is 4.81. The molecule has 0 aliphatic carbocycles. The van der Waals surface area contributed by atoms with Crippen LogP contribution in [0.1, 0.15) is 43.5 Å². The van der Waals surface area contributed by atoms with Gasteiger partial charge in [0, 0.05) is 36.2 Å². The fraction of sp³-hybridized carbons (Fsp3) is 0.458. The molecule has 2 aromatic heterocycles. The summed E-state index contributed by atoms with van der Waals surface area (Å²) in [5, 5.41) is 18.5. The first-order valence-corrected chi connectivity index (χ1v) is 12.6. The highest BCUT2D eigenvalue weighted by atomic mass is 35.5. The van der Waals surface area contributed by atoms with E-state index >= 15 is 0 Å². The molecule has 2 saturated heterocycles. The summed E-state index contributed by atoms with van der Waals surface area (Å²) in [4.78, 5) is 26.3. The molecule has 2 aliphatic heterocycles. The van der Waals surface area contributed by atoms with Crippen molar-refractivity contribution in [2.75, 3.05) is 37.6 Å². The van der Waals surface area contributed by atoms with E-state index in [0.717, 1.165) is 31.4 Å². The quantitative estimate of drug-likeness (QED) is 0.571. The Morgan fingerprint density at radius 2 is 2.03 bits per heavy atom. The minimum Gasteiger partial charge on any atom is -0.352 e. The van der Waals surface area contributed by atoms with Crippen LogP contribution < -0.4 is 10.2 Å². The number of rotatable bonds is 4. The first kappa shape index (κ1) is 23.8. The lowest BCUT2D eigenvalue weighted by Gasteiger charge is -2.37. The molecule has 2 unspecified atom stereocenters. The molecule has 35 heavy (non-hydrogen) atoms. The summed E-state index contributed by atoms with van der Waals surface area (Å²) in [5.41, 5.74) is 2.00. The van der Waals surface area contributed by atoms with Crippen molar-refractivity contribution in [2.24, 2.45) is 0 Å². The van der Waals surface area contributed by atoms with Gasteiger partial charge in [-0.2, -0.15) is 10.4 Å². The number of fused-ring (bicyclic) bond motifs is 1. The lowest BCUT2D eigenvalue weighted by molar-refractivity contribution is -0.134. The summed E-state index contributed by atoms with van der Waals surface area (Å²) in [6.45, 7) is 5.45. The van der Waals surface area contributed by atoms with Crippen molar-refractivity contribution >= 4 is 46.1 Å². The SMILES string of the molecule is CC(c1ccc(Cl)cc1Cl)n1nc(C#N)c2ncc(N3CCN(C(=O)C4CCCCN4)CC3)nc21. The number of benzene rings is 1. The topological polar surface area (TPSA) is 103 Å². The van der Waals surface area contributed by atoms with Gasteiger partial charge in [-0.05, 0) is 44.0 Å². The maximum absolute atomic E-state index is 12.9. The number of carbonyl (C=O) groups is 1. The Kier molecular flexibility index (Phi) is 6.78. The zero-order valence-electron chi connectivity index (χ0n) is 19.4. The molecular formula is C24H26Cl2N8O. The molecule has 3 aromatic rings. The van der Waals surface area contributed by atoms with Crippen LogP contribution in [0.25, 0.3) is 11.2 Å². The highest BCUT2D eigenvalue weighted by Crippen LogP contribution is 2.31. The monoisotopic (exact) mass is 512 g/mol. The lowest BCUT2D eigenvalue weighted by Crippen LogP contribution is -2.55. The zero-order valence-corrected chi connectivity index (χ0v) is 20.9. The van der Waals surface area contributed by atoms with Crippen LogP contribution in [0.3, 0.4) is 0 Å². The Morgan fingerprint density at radius 1 is 1.23 bits per heavy atom. The summed E-state index contributed by atoms with van der Waals surface area (Å²) in [5.74, 6) is 0.886. The number of piperazine rings is 1. The fourth-order valence-electron chi connectivity index (χ4n) is 4.81. The highest BCUT2D eigenvalue weighted by molar-refractivity contribution is 6.35. The van der Waals surface area contributed by atoms with Crippen LogP contribution in [0.5, 0.6) is 0 Å². The molecule has 0 bridgehead atoms. The van der Waals surface area contributed by atoms with Gasteiger partial charge in [-0.15, -0.1) is 0 Å². The molecular weight excluding hydrogens is 487 g/mol. The number of nitriles is 1. The molecule has 182 valence electrons. The summed E-state index contributed by atoms with van der Waals surface area (Å²) >= 11 is 12.5. The minimum absolute atomic E-state index is 0.0635. The molecule has 0 saturated carbocycles. The molecule has 9 nitrogen and oxygen atoms in total. The largest absolute Gasteiger partial charge is 0.352 e. The molecule has 1 amide bonds. The van der Waals surface area contributed by atoms with Crippen LogP contribution in [0, 0.1) is 11.3 Å². The maximum Gasteiger partial charge on any atom is 0.239 e. The van der Waals surface area contributed by atoms with E-state index in [1.807, 2.05) is 17.9 Å². The number of hydrogen-bond acceptors (Lipinski definition) is 7. The average molecular weight is 513 g/mol. The first-order valence-electron chi connectivity index (χ1n) is 11.8. The second-order valence-electron chi connectivity index (χ2n) is 8.96. The van der Waals surface area contributed by atoms with Crippen molar-refractivity contribution in [3.63, 3.8) is 0 Å². The molecule has 0 spiro atoms.